The topological polar surface area (TPSA) is 59.6 Å². The lowest BCUT2D eigenvalue weighted by atomic mass is 10.1. The number of para-hydroxylation sites is 1. The summed E-state index contributed by atoms with van der Waals surface area (Å²) >= 11 is 0. The molecular formula is C12H18N2O3. The third kappa shape index (κ3) is 4.42. The number of carbonyl (C=O) groups is 1. The van der Waals surface area contributed by atoms with Crippen LogP contribution in [0.25, 0.3) is 0 Å². The first-order chi connectivity index (χ1) is 8.29. The zero-order chi connectivity index (χ0) is 12.5. The van der Waals surface area contributed by atoms with Crippen molar-refractivity contribution >= 4 is 11.6 Å². The van der Waals surface area contributed by atoms with Gasteiger partial charge in [-0.25, -0.2) is 5.48 Å². The van der Waals surface area contributed by atoms with E-state index in [9.17, 15) is 4.79 Å². The summed E-state index contributed by atoms with van der Waals surface area (Å²) in [6.45, 7) is 3.50. The first-order valence-corrected chi connectivity index (χ1v) is 5.53. The largest absolute Gasteiger partial charge is 0.385 e. The molecule has 1 rings (SSSR count). The molecule has 0 fully saturated rings. The summed E-state index contributed by atoms with van der Waals surface area (Å²) in [7, 11) is 1.58. The van der Waals surface area contributed by atoms with Crippen LogP contribution >= 0.6 is 0 Å². The average Bonchev–Trinajstić information content (AvgIpc) is 2.35. The van der Waals surface area contributed by atoms with Gasteiger partial charge in [-0.2, -0.15) is 0 Å². The minimum absolute atomic E-state index is 0.266. The third-order valence-corrected chi connectivity index (χ3v) is 2.09. The molecule has 0 aliphatic heterocycles. The number of hydrogen-bond donors (Lipinski definition) is 2. The minimum atomic E-state index is -0.266. The molecule has 1 aromatic rings. The van der Waals surface area contributed by atoms with Crippen LogP contribution in [0.3, 0.4) is 0 Å². The second kappa shape index (κ2) is 7.65. The molecule has 0 aliphatic carbocycles. The lowest BCUT2D eigenvalue weighted by Crippen LogP contribution is -2.26. The SMILES string of the molecule is CCNc1ccccc1C(=O)NOCCOC. The summed E-state index contributed by atoms with van der Waals surface area (Å²) in [5.41, 5.74) is 3.73. The van der Waals surface area contributed by atoms with Crippen LogP contribution < -0.4 is 10.8 Å². The van der Waals surface area contributed by atoms with Gasteiger partial charge in [-0.15, -0.1) is 0 Å². The Morgan fingerprint density at radius 3 is 2.76 bits per heavy atom. The van der Waals surface area contributed by atoms with Crippen LogP contribution in [0.2, 0.25) is 0 Å². The van der Waals surface area contributed by atoms with Crippen molar-refractivity contribution < 1.29 is 14.4 Å². The average molecular weight is 238 g/mol. The Balaban J connectivity index is 2.55. The molecule has 0 bridgehead atoms. The third-order valence-electron chi connectivity index (χ3n) is 2.09. The van der Waals surface area contributed by atoms with E-state index in [0.717, 1.165) is 12.2 Å². The first-order valence-electron chi connectivity index (χ1n) is 5.53. The second-order valence-electron chi connectivity index (χ2n) is 3.35. The zero-order valence-corrected chi connectivity index (χ0v) is 10.2. The summed E-state index contributed by atoms with van der Waals surface area (Å²) in [5.74, 6) is -0.266. The van der Waals surface area contributed by atoms with E-state index in [-0.39, 0.29) is 5.91 Å². The molecule has 94 valence electrons. The van der Waals surface area contributed by atoms with Crippen LogP contribution in [0.5, 0.6) is 0 Å². The molecule has 17 heavy (non-hydrogen) atoms. The number of ether oxygens (including phenoxy) is 1. The highest BCUT2D eigenvalue weighted by Gasteiger charge is 2.09. The van der Waals surface area contributed by atoms with Crippen LogP contribution in [-0.2, 0) is 9.57 Å². The molecule has 0 atom stereocenters. The van der Waals surface area contributed by atoms with Gasteiger partial charge in [0.05, 0.1) is 18.8 Å². The number of hydroxylamine groups is 1. The van der Waals surface area contributed by atoms with Gasteiger partial charge in [-0.05, 0) is 19.1 Å². The molecule has 0 spiro atoms. The molecule has 0 saturated carbocycles. The summed E-state index contributed by atoms with van der Waals surface area (Å²) in [4.78, 5) is 16.8. The predicted molar refractivity (Wildman–Crippen MR) is 65.9 cm³/mol. The van der Waals surface area contributed by atoms with Crippen LogP contribution in [0.4, 0.5) is 5.69 Å². The summed E-state index contributed by atoms with van der Waals surface area (Å²) in [5, 5.41) is 3.12. The second-order valence-corrected chi connectivity index (χ2v) is 3.35. The molecule has 0 aromatic heterocycles. The van der Waals surface area contributed by atoms with Crippen LogP contribution in [0.15, 0.2) is 24.3 Å². The lowest BCUT2D eigenvalue weighted by Gasteiger charge is -2.10. The van der Waals surface area contributed by atoms with Crippen LogP contribution in [0, 0.1) is 0 Å². The standard InChI is InChI=1S/C12H18N2O3/c1-3-13-11-7-5-4-6-10(11)12(15)14-17-9-8-16-2/h4-7,13H,3,8-9H2,1-2H3,(H,14,15). The molecular weight excluding hydrogens is 220 g/mol. The fourth-order valence-corrected chi connectivity index (χ4v) is 1.32. The number of rotatable bonds is 7. The fraction of sp³-hybridized carbons (Fsp3) is 0.417. The highest BCUT2D eigenvalue weighted by molar-refractivity contribution is 5.98. The highest BCUT2D eigenvalue weighted by atomic mass is 16.7. The first kappa shape index (κ1) is 13.5. The molecule has 1 amide bonds. The number of anilines is 1. The monoisotopic (exact) mass is 238 g/mol. The van der Waals surface area contributed by atoms with Gasteiger partial charge in [0.15, 0.2) is 0 Å². The van der Waals surface area contributed by atoms with Crippen molar-refractivity contribution in [2.24, 2.45) is 0 Å². The van der Waals surface area contributed by atoms with Crippen molar-refractivity contribution in [3.63, 3.8) is 0 Å². The molecule has 0 radical (unpaired) electrons. The van der Waals surface area contributed by atoms with Gasteiger partial charge in [0.1, 0.15) is 0 Å². The van der Waals surface area contributed by atoms with Crippen molar-refractivity contribution in [1.29, 1.82) is 0 Å². The quantitative estimate of drug-likeness (QED) is 0.557. The number of benzene rings is 1. The Hall–Kier alpha value is -1.59. The van der Waals surface area contributed by atoms with E-state index in [2.05, 4.69) is 10.8 Å². The number of nitrogens with one attached hydrogen (secondary N) is 2. The van der Waals surface area contributed by atoms with Gasteiger partial charge < -0.3 is 10.1 Å². The van der Waals surface area contributed by atoms with E-state index in [1.165, 1.54) is 0 Å². The van der Waals surface area contributed by atoms with Gasteiger partial charge in [0.2, 0.25) is 0 Å². The number of hydrogen-bond acceptors (Lipinski definition) is 4. The predicted octanol–water partition coefficient (Wildman–Crippen LogP) is 1.43. The van der Waals surface area contributed by atoms with Crippen LogP contribution in [-0.4, -0.2) is 32.8 Å². The Labute approximate surface area is 101 Å². The number of carbonyl (C=O) groups excluding carboxylic acids is 1. The van der Waals surface area contributed by atoms with E-state index < -0.39 is 0 Å². The summed E-state index contributed by atoms with van der Waals surface area (Å²) in [6, 6.07) is 7.28. The van der Waals surface area contributed by atoms with Crippen LogP contribution in [0.1, 0.15) is 17.3 Å². The van der Waals surface area contributed by atoms with Gasteiger partial charge in [0.25, 0.3) is 5.91 Å². The van der Waals surface area contributed by atoms with Gasteiger partial charge in [-0.1, -0.05) is 12.1 Å². The molecule has 1 aromatic carbocycles. The fourth-order valence-electron chi connectivity index (χ4n) is 1.32. The van der Waals surface area contributed by atoms with E-state index >= 15 is 0 Å². The maximum atomic E-state index is 11.8. The highest BCUT2D eigenvalue weighted by Crippen LogP contribution is 2.14. The van der Waals surface area contributed by atoms with E-state index in [1.807, 2.05) is 25.1 Å². The van der Waals surface area contributed by atoms with Gasteiger partial charge >= 0.3 is 0 Å². The Bertz CT molecular complexity index is 355. The van der Waals surface area contributed by atoms with E-state index in [1.54, 1.807) is 13.2 Å². The molecule has 0 aliphatic rings. The Morgan fingerprint density at radius 1 is 1.29 bits per heavy atom. The smallest absolute Gasteiger partial charge is 0.276 e. The molecule has 2 N–H and O–H groups in total. The Kier molecular flexibility index (Phi) is 6.06. The minimum Gasteiger partial charge on any atom is -0.385 e. The van der Waals surface area contributed by atoms with Crippen molar-refractivity contribution in [2.45, 2.75) is 6.92 Å². The molecule has 5 nitrogen and oxygen atoms in total. The van der Waals surface area contributed by atoms with Crippen molar-refractivity contribution in [1.82, 2.24) is 5.48 Å². The number of amides is 1. The molecule has 0 saturated heterocycles. The van der Waals surface area contributed by atoms with E-state index in [0.29, 0.717) is 18.8 Å². The van der Waals surface area contributed by atoms with E-state index in [4.69, 9.17) is 9.57 Å². The zero-order valence-electron chi connectivity index (χ0n) is 10.2. The maximum absolute atomic E-state index is 11.8. The van der Waals surface area contributed by atoms with Gasteiger partial charge in [0, 0.05) is 19.3 Å². The molecule has 0 heterocycles. The molecule has 0 unspecified atom stereocenters. The number of methoxy groups -OCH3 is 1. The lowest BCUT2D eigenvalue weighted by molar-refractivity contribution is 0.00894. The maximum Gasteiger partial charge on any atom is 0.276 e. The normalized spacial score (nSPS) is 10.0. The van der Waals surface area contributed by atoms with Crippen molar-refractivity contribution in [2.75, 3.05) is 32.2 Å². The summed E-state index contributed by atoms with van der Waals surface area (Å²) in [6.07, 6.45) is 0. The molecule has 5 heteroatoms. The Morgan fingerprint density at radius 2 is 2.06 bits per heavy atom. The van der Waals surface area contributed by atoms with Gasteiger partial charge in [-0.3, -0.25) is 9.63 Å². The summed E-state index contributed by atoms with van der Waals surface area (Å²) < 4.78 is 4.80. The van der Waals surface area contributed by atoms with Crippen molar-refractivity contribution in [3.05, 3.63) is 29.8 Å². The van der Waals surface area contributed by atoms with Crippen molar-refractivity contribution in [3.8, 4) is 0 Å².